The van der Waals surface area contributed by atoms with Crippen LogP contribution in [0.25, 0.3) is 0 Å². The minimum absolute atomic E-state index is 0.102. The summed E-state index contributed by atoms with van der Waals surface area (Å²) >= 11 is 0. The Morgan fingerprint density at radius 1 is 1.45 bits per heavy atom. The predicted molar refractivity (Wildman–Crippen MR) is 66.9 cm³/mol. The zero-order valence-corrected chi connectivity index (χ0v) is 11.0. The van der Waals surface area contributed by atoms with E-state index in [9.17, 15) is 18.0 Å². The maximum Gasteiger partial charge on any atom is 0.433 e. The van der Waals surface area contributed by atoms with Crippen LogP contribution in [0.3, 0.4) is 0 Å². The van der Waals surface area contributed by atoms with Crippen LogP contribution in [0.5, 0.6) is 0 Å². The number of hydrogen-bond donors (Lipinski definition) is 1. The topological polar surface area (TPSA) is 59.2 Å². The number of likely N-dealkylation sites (tertiary alicyclic amines) is 1. The molecule has 2 N–H and O–H groups in total. The van der Waals surface area contributed by atoms with E-state index in [1.165, 1.54) is 0 Å². The Bertz CT molecular complexity index is 487. The molecule has 20 heavy (non-hydrogen) atoms. The van der Waals surface area contributed by atoms with Crippen LogP contribution in [0, 0.1) is 5.92 Å². The summed E-state index contributed by atoms with van der Waals surface area (Å²) in [4.78, 5) is 17.0. The minimum atomic E-state index is -4.50. The van der Waals surface area contributed by atoms with Gasteiger partial charge in [0.2, 0.25) is 0 Å². The van der Waals surface area contributed by atoms with Gasteiger partial charge >= 0.3 is 6.18 Å². The molecule has 0 radical (unpaired) electrons. The SMILES string of the molecule is CC1CCN(C(=O)c2ccc(C(F)(F)F)nc2)CC1N. The number of carbonyl (C=O) groups excluding carboxylic acids is 1. The van der Waals surface area contributed by atoms with Crippen molar-refractivity contribution in [3.8, 4) is 0 Å². The van der Waals surface area contributed by atoms with E-state index in [1.807, 2.05) is 6.92 Å². The molecule has 4 nitrogen and oxygen atoms in total. The number of nitrogens with zero attached hydrogens (tertiary/aromatic N) is 2. The molecule has 0 spiro atoms. The van der Waals surface area contributed by atoms with Gasteiger partial charge < -0.3 is 10.6 Å². The largest absolute Gasteiger partial charge is 0.433 e. The van der Waals surface area contributed by atoms with Gasteiger partial charge in [0.15, 0.2) is 0 Å². The Hall–Kier alpha value is -1.63. The van der Waals surface area contributed by atoms with Gasteiger partial charge in [0.1, 0.15) is 5.69 Å². The monoisotopic (exact) mass is 287 g/mol. The Morgan fingerprint density at radius 2 is 2.15 bits per heavy atom. The van der Waals surface area contributed by atoms with Crippen molar-refractivity contribution in [3.05, 3.63) is 29.6 Å². The van der Waals surface area contributed by atoms with Crippen LogP contribution in [-0.4, -0.2) is 34.9 Å². The highest BCUT2D eigenvalue weighted by molar-refractivity contribution is 5.94. The van der Waals surface area contributed by atoms with E-state index in [-0.39, 0.29) is 17.5 Å². The van der Waals surface area contributed by atoms with E-state index in [0.29, 0.717) is 19.0 Å². The van der Waals surface area contributed by atoms with Crippen molar-refractivity contribution in [2.45, 2.75) is 25.6 Å². The fourth-order valence-electron chi connectivity index (χ4n) is 2.15. The number of aromatic nitrogens is 1. The number of piperidine rings is 1. The summed E-state index contributed by atoms with van der Waals surface area (Å²) in [6, 6.07) is 1.87. The van der Waals surface area contributed by atoms with Crippen LogP contribution in [0.4, 0.5) is 13.2 Å². The van der Waals surface area contributed by atoms with Crippen molar-refractivity contribution < 1.29 is 18.0 Å². The number of pyridine rings is 1. The van der Waals surface area contributed by atoms with Crippen molar-refractivity contribution in [1.29, 1.82) is 0 Å². The first-order valence-electron chi connectivity index (χ1n) is 6.37. The van der Waals surface area contributed by atoms with E-state index in [0.717, 1.165) is 24.8 Å². The quantitative estimate of drug-likeness (QED) is 0.858. The van der Waals surface area contributed by atoms with Crippen LogP contribution in [-0.2, 0) is 6.18 Å². The van der Waals surface area contributed by atoms with Crippen LogP contribution in [0.15, 0.2) is 18.3 Å². The highest BCUT2D eigenvalue weighted by Crippen LogP contribution is 2.27. The molecule has 0 saturated carbocycles. The molecule has 1 aliphatic heterocycles. The van der Waals surface area contributed by atoms with E-state index in [4.69, 9.17) is 5.73 Å². The molecule has 1 aliphatic rings. The fourth-order valence-corrected chi connectivity index (χ4v) is 2.15. The van der Waals surface area contributed by atoms with Crippen molar-refractivity contribution in [2.24, 2.45) is 11.7 Å². The van der Waals surface area contributed by atoms with Crippen LogP contribution in [0.2, 0.25) is 0 Å². The standard InChI is InChI=1S/C13H16F3N3O/c1-8-4-5-19(7-10(8)17)12(20)9-2-3-11(18-6-9)13(14,15)16/h2-3,6,8,10H,4-5,7,17H2,1H3. The van der Waals surface area contributed by atoms with E-state index < -0.39 is 11.9 Å². The summed E-state index contributed by atoms with van der Waals surface area (Å²) in [5.41, 5.74) is 5.06. The van der Waals surface area contributed by atoms with Gasteiger partial charge in [-0.1, -0.05) is 6.92 Å². The zero-order chi connectivity index (χ0) is 14.9. The number of nitrogens with two attached hydrogens (primary N) is 1. The number of alkyl halides is 3. The molecule has 0 aliphatic carbocycles. The van der Waals surface area contributed by atoms with Crippen molar-refractivity contribution in [3.63, 3.8) is 0 Å². The first-order valence-corrected chi connectivity index (χ1v) is 6.37. The number of hydrogen-bond acceptors (Lipinski definition) is 3. The van der Waals surface area contributed by atoms with Gasteiger partial charge in [-0.05, 0) is 24.5 Å². The highest BCUT2D eigenvalue weighted by atomic mass is 19.4. The van der Waals surface area contributed by atoms with Gasteiger partial charge in [-0.2, -0.15) is 13.2 Å². The van der Waals surface area contributed by atoms with E-state index >= 15 is 0 Å². The third-order valence-corrected chi connectivity index (χ3v) is 3.60. The van der Waals surface area contributed by atoms with E-state index in [2.05, 4.69) is 4.98 Å². The first-order chi connectivity index (χ1) is 9.29. The normalized spacial score (nSPS) is 23.8. The maximum atomic E-state index is 12.4. The Balaban J connectivity index is 2.10. The molecule has 2 atom stereocenters. The van der Waals surface area contributed by atoms with Gasteiger partial charge in [0, 0.05) is 25.3 Å². The summed E-state index contributed by atoms with van der Waals surface area (Å²) in [5.74, 6) is 0.0124. The molecule has 1 saturated heterocycles. The number of rotatable bonds is 1. The fraction of sp³-hybridized carbons (Fsp3) is 0.538. The average Bonchev–Trinajstić information content (AvgIpc) is 2.40. The van der Waals surface area contributed by atoms with Gasteiger partial charge in [-0.3, -0.25) is 9.78 Å². The van der Waals surface area contributed by atoms with Crippen molar-refractivity contribution >= 4 is 5.91 Å². The molecule has 2 unspecified atom stereocenters. The lowest BCUT2D eigenvalue weighted by Crippen LogP contribution is -2.49. The molecular formula is C13H16F3N3O. The molecule has 110 valence electrons. The maximum absolute atomic E-state index is 12.4. The predicted octanol–water partition coefficient (Wildman–Crippen LogP) is 1.91. The number of halogens is 3. The van der Waals surface area contributed by atoms with E-state index in [1.54, 1.807) is 4.90 Å². The molecule has 2 heterocycles. The molecule has 1 fully saturated rings. The van der Waals surface area contributed by atoms with Gasteiger partial charge in [-0.25, -0.2) is 0 Å². The van der Waals surface area contributed by atoms with Gasteiger partial charge in [0.05, 0.1) is 5.56 Å². The molecule has 0 bridgehead atoms. The van der Waals surface area contributed by atoms with Crippen LogP contribution >= 0.6 is 0 Å². The van der Waals surface area contributed by atoms with Gasteiger partial charge in [-0.15, -0.1) is 0 Å². The molecule has 7 heteroatoms. The molecular weight excluding hydrogens is 271 g/mol. The summed E-state index contributed by atoms with van der Waals surface area (Å²) < 4.78 is 37.2. The molecule has 1 amide bonds. The summed E-state index contributed by atoms with van der Waals surface area (Å²) in [7, 11) is 0. The third-order valence-electron chi connectivity index (χ3n) is 3.60. The number of amides is 1. The Morgan fingerprint density at radius 3 is 2.65 bits per heavy atom. The Labute approximate surface area is 114 Å². The second kappa shape index (κ2) is 5.40. The van der Waals surface area contributed by atoms with Crippen molar-refractivity contribution in [2.75, 3.05) is 13.1 Å². The minimum Gasteiger partial charge on any atom is -0.337 e. The average molecular weight is 287 g/mol. The summed E-state index contributed by atoms with van der Waals surface area (Å²) in [6.07, 6.45) is -2.74. The number of carbonyl (C=O) groups is 1. The van der Waals surface area contributed by atoms with Gasteiger partial charge in [0.25, 0.3) is 5.91 Å². The lowest BCUT2D eigenvalue weighted by atomic mass is 9.94. The molecule has 1 aromatic rings. The highest BCUT2D eigenvalue weighted by Gasteiger charge is 2.33. The lowest BCUT2D eigenvalue weighted by molar-refractivity contribution is -0.141. The zero-order valence-electron chi connectivity index (χ0n) is 11.0. The van der Waals surface area contributed by atoms with Crippen LogP contribution in [0.1, 0.15) is 29.4 Å². The molecule has 2 rings (SSSR count). The third kappa shape index (κ3) is 3.09. The second-order valence-corrected chi connectivity index (χ2v) is 5.11. The smallest absolute Gasteiger partial charge is 0.337 e. The summed E-state index contributed by atoms with van der Waals surface area (Å²) in [5, 5.41) is 0. The van der Waals surface area contributed by atoms with Crippen molar-refractivity contribution in [1.82, 2.24) is 9.88 Å². The molecule has 1 aromatic heterocycles. The summed E-state index contributed by atoms with van der Waals surface area (Å²) in [6.45, 7) is 3.00. The first kappa shape index (κ1) is 14.8. The lowest BCUT2D eigenvalue weighted by Gasteiger charge is -2.35. The second-order valence-electron chi connectivity index (χ2n) is 5.11. The molecule has 0 aromatic carbocycles. The van der Waals surface area contributed by atoms with Crippen LogP contribution < -0.4 is 5.73 Å². The Kier molecular flexibility index (Phi) is 3.99.